The third-order valence-corrected chi connectivity index (χ3v) is 7.14. The average Bonchev–Trinajstić information content (AvgIpc) is 3.22. The van der Waals surface area contributed by atoms with Gasteiger partial charge in [-0.15, -0.1) is 0 Å². The Hall–Kier alpha value is -3.97. The van der Waals surface area contributed by atoms with Gasteiger partial charge in [-0.1, -0.05) is 48.0 Å². The highest BCUT2D eigenvalue weighted by molar-refractivity contribution is 6.32. The zero-order valence-electron chi connectivity index (χ0n) is 20.4. The lowest BCUT2D eigenvalue weighted by Crippen LogP contribution is -2.44. The van der Waals surface area contributed by atoms with Crippen molar-refractivity contribution in [2.24, 2.45) is 7.05 Å². The minimum atomic E-state index is -0.680. The Balaban J connectivity index is 1.66. The van der Waals surface area contributed by atoms with Crippen molar-refractivity contribution in [1.29, 1.82) is 0 Å². The van der Waals surface area contributed by atoms with E-state index < -0.39 is 12.0 Å². The molecule has 2 atom stereocenters. The van der Waals surface area contributed by atoms with Crippen LogP contribution in [0.4, 0.5) is 5.69 Å². The third kappa shape index (κ3) is 3.76. The number of methoxy groups -OCH3 is 2. The summed E-state index contributed by atoms with van der Waals surface area (Å²) in [5.41, 5.74) is 3.53. The molecule has 8 heteroatoms. The molecule has 0 unspecified atom stereocenters. The van der Waals surface area contributed by atoms with Gasteiger partial charge in [-0.2, -0.15) is 0 Å². The number of nitrogens with zero attached hydrogens (tertiary/aromatic N) is 2. The van der Waals surface area contributed by atoms with Gasteiger partial charge < -0.3 is 24.3 Å². The highest BCUT2D eigenvalue weighted by atomic mass is 35.5. The summed E-state index contributed by atoms with van der Waals surface area (Å²) in [5.74, 6) is -0.231. The van der Waals surface area contributed by atoms with Gasteiger partial charge >= 0.3 is 0 Å². The van der Waals surface area contributed by atoms with Crippen molar-refractivity contribution in [3.05, 3.63) is 88.6 Å². The van der Waals surface area contributed by atoms with Crippen molar-refractivity contribution in [1.82, 2.24) is 9.47 Å². The van der Waals surface area contributed by atoms with E-state index >= 15 is 0 Å². The fourth-order valence-electron chi connectivity index (χ4n) is 5.12. The monoisotopic (exact) mass is 503 g/mol. The lowest BCUT2D eigenvalue weighted by atomic mass is 9.79. The van der Waals surface area contributed by atoms with Crippen LogP contribution >= 0.6 is 11.6 Å². The molecule has 4 aromatic rings. The van der Waals surface area contributed by atoms with Crippen molar-refractivity contribution >= 4 is 40.0 Å². The van der Waals surface area contributed by atoms with E-state index in [0.29, 0.717) is 33.3 Å². The molecule has 36 heavy (non-hydrogen) atoms. The number of aryl methyl sites for hydroxylation is 1. The second-order valence-corrected chi connectivity index (χ2v) is 9.22. The van der Waals surface area contributed by atoms with Gasteiger partial charge in [-0.25, -0.2) is 0 Å². The van der Waals surface area contributed by atoms with E-state index in [9.17, 15) is 9.59 Å². The molecule has 7 nitrogen and oxygen atoms in total. The Bertz CT molecular complexity index is 1500. The second-order valence-electron chi connectivity index (χ2n) is 8.81. The summed E-state index contributed by atoms with van der Waals surface area (Å²) >= 11 is 6.36. The number of halogens is 1. The number of hydrogen-bond donors (Lipinski definition) is 1. The molecule has 3 aromatic carbocycles. The van der Waals surface area contributed by atoms with Crippen molar-refractivity contribution in [3.63, 3.8) is 0 Å². The number of hydrogen-bond acceptors (Lipinski definition) is 4. The zero-order valence-corrected chi connectivity index (χ0v) is 21.2. The fourth-order valence-corrected chi connectivity index (χ4v) is 5.36. The van der Waals surface area contributed by atoms with Gasteiger partial charge in [-0.3, -0.25) is 9.59 Å². The number of benzene rings is 3. The maximum atomic E-state index is 14.1. The number of amides is 2. The molecule has 1 aromatic heterocycles. The fraction of sp³-hybridized carbons (Fsp3) is 0.214. The van der Waals surface area contributed by atoms with Crippen LogP contribution in [0.3, 0.4) is 0 Å². The van der Waals surface area contributed by atoms with Crippen LogP contribution < -0.4 is 14.8 Å². The number of rotatable bonds is 5. The Morgan fingerprint density at radius 2 is 1.64 bits per heavy atom. The molecule has 184 valence electrons. The largest absolute Gasteiger partial charge is 0.495 e. The lowest BCUT2D eigenvalue weighted by molar-refractivity contribution is -0.119. The molecule has 0 bridgehead atoms. The summed E-state index contributed by atoms with van der Waals surface area (Å²) in [5, 5.41) is 4.34. The molecule has 5 rings (SSSR count). The van der Waals surface area contributed by atoms with Crippen LogP contribution in [-0.2, 0) is 11.8 Å². The van der Waals surface area contributed by atoms with Crippen molar-refractivity contribution < 1.29 is 19.1 Å². The number of anilines is 1. The van der Waals surface area contributed by atoms with E-state index in [-0.39, 0.29) is 11.8 Å². The van der Waals surface area contributed by atoms with Gasteiger partial charge in [0.2, 0.25) is 5.91 Å². The smallest absolute Gasteiger partial charge is 0.254 e. The van der Waals surface area contributed by atoms with Crippen LogP contribution in [0.5, 0.6) is 11.5 Å². The molecule has 1 N–H and O–H groups in total. The summed E-state index contributed by atoms with van der Waals surface area (Å²) in [7, 11) is 6.73. The molecule has 0 aliphatic carbocycles. The summed E-state index contributed by atoms with van der Waals surface area (Å²) in [4.78, 5) is 29.1. The number of para-hydroxylation sites is 1. The lowest BCUT2D eigenvalue weighted by Gasteiger charge is -2.39. The number of nitrogens with one attached hydrogen (secondary N) is 1. The van der Waals surface area contributed by atoms with Crippen LogP contribution in [0.15, 0.2) is 66.9 Å². The zero-order chi connectivity index (χ0) is 25.6. The maximum Gasteiger partial charge on any atom is 0.254 e. The standard InChI is InChI=1S/C28H26ClN3O4/c1-31-15-19(16-9-7-8-12-22(16)31)26-25(17-10-5-6-11-18(17)28(34)32(26)2)27(33)30-21-13-20(29)23(35-3)14-24(21)36-4/h5-15,25-26H,1-4H3,(H,30,33)/t25-,26-/m1/s1. The number of likely N-dealkylation sites (N-methyl/N-ethyl adjacent to an activating group) is 1. The number of carbonyl (C=O) groups is 2. The Morgan fingerprint density at radius 1 is 0.944 bits per heavy atom. The SMILES string of the molecule is COc1cc(OC)c(NC(=O)[C@@H]2c3ccccc3C(=O)N(C)[C@@H]2c2cn(C)c3ccccc23)cc1Cl. The Morgan fingerprint density at radius 3 is 2.39 bits per heavy atom. The van der Waals surface area contributed by atoms with Gasteiger partial charge in [0.15, 0.2) is 0 Å². The minimum Gasteiger partial charge on any atom is -0.495 e. The molecular formula is C28H26ClN3O4. The van der Waals surface area contributed by atoms with Crippen molar-refractivity contribution in [2.45, 2.75) is 12.0 Å². The number of aromatic nitrogens is 1. The summed E-state index contributed by atoms with van der Waals surface area (Å²) in [6.45, 7) is 0. The van der Waals surface area contributed by atoms with Gasteiger partial charge in [0.05, 0.1) is 36.9 Å². The van der Waals surface area contributed by atoms with Crippen LogP contribution in [0.1, 0.15) is 33.4 Å². The maximum absolute atomic E-state index is 14.1. The van der Waals surface area contributed by atoms with Crippen LogP contribution in [0.25, 0.3) is 10.9 Å². The van der Waals surface area contributed by atoms with Gasteiger partial charge in [0.1, 0.15) is 11.5 Å². The Labute approximate surface area is 214 Å². The average molecular weight is 504 g/mol. The van der Waals surface area contributed by atoms with Crippen LogP contribution in [0, 0.1) is 0 Å². The van der Waals surface area contributed by atoms with E-state index in [1.54, 1.807) is 30.1 Å². The van der Waals surface area contributed by atoms with E-state index in [4.69, 9.17) is 21.1 Å². The van der Waals surface area contributed by atoms with Gasteiger partial charge in [0, 0.05) is 48.4 Å². The second kappa shape index (κ2) is 9.24. The molecule has 0 saturated heterocycles. The normalized spacial score (nSPS) is 17.1. The molecule has 0 fully saturated rings. The van der Waals surface area contributed by atoms with Gasteiger partial charge in [0.25, 0.3) is 5.91 Å². The quantitative estimate of drug-likeness (QED) is 0.396. The molecule has 0 saturated carbocycles. The first kappa shape index (κ1) is 23.8. The first-order valence-corrected chi connectivity index (χ1v) is 11.9. The van der Waals surface area contributed by atoms with E-state index in [1.807, 2.05) is 60.3 Å². The molecule has 2 heterocycles. The molecule has 1 aliphatic heterocycles. The molecular weight excluding hydrogens is 478 g/mol. The molecule has 0 radical (unpaired) electrons. The van der Waals surface area contributed by atoms with E-state index in [1.165, 1.54) is 14.2 Å². The Kier molecular flexibility index (Phi) is 6.10. The number of fused-ring (bicyclic) bond motifs is 2. The third-order valence-electron chi connectivity index (χ3n) is 6.84. The highest BCUT2D eigenvalue weighted by Crippen LogP contribution is 2.45. The highest BCUT2D eigenvalue weighted by Gasteiger charge is 2.43. The predicted molar refractivity (Wildman–Crippen MR) is 140 cm³/mol. The van der Waals surface area contributed by atoms with Gasteiger partial charge in [-0.05, 0) is 23.8 Å². The van der Waals surface area contributed by atoms with Crippen molar-refractivity contribution in [3.8, 4) is 11.5 Å². The summed E-state index contributed by atoms with van der Waals surface area (Å²) in [6.07, 6.45) is 2.00. The van der Waals surface area contributed by atoms with E-state index in [0.717, 1.165) is 16.5 Å². The number of ether oxygens (including phenoxy) is 2. The minimum absolute atomic E-state index is 0.127. The van der Waals surface area contributed by atoms with E-state index in [2.05, 4.69) is 5.32 Å². The molecule has 1 aliphatic rings. The topological polar surface area (TPSA) is 72.8 Å². The first-order valence-electron chi connectivity index (χ1n) is 11.5. The van der Waals surface area contributed by atoms with Crippen LogP contribution in [0.2, 0.25) is 5.02 Å². The summed E-state index contributed by atoms with van der Waals surface area (Å²) < 4.78 is 12.8. The molecule has 0 spiro atoms. The molecule has 2 amide bonds. The summed E-state index contributed by atoms with van der Waals surface area (Å²) in [6, 6.07) is 18.0. The van der Waals surface area contributed by atoms with Crippen molar-refractivity contribution in [2.75, 3.05) is 26.6 Å². The first-order chi connectivity index (χ1) is 17.3. The number of carbonyl (C=O) groups excluding carboxylic acids is 2. The predicted octanol–water partition coefficient (Wildman–Crippen LogP) is 5.40. The van der Waals surface area contributed by atoms with Crippen LogP contribution in [-0.4, -0.2) is 42.5 Å².